The number of rotatable bonds is 7. The van der Waals surface area contributed by atoms with E-state index in [1.165, 1.54) is 26.0 Å². The van der Waals surface area contributed by atoms with Crippen molar-refractivity contribution in [2.45, 2.75) is 19.4 Å². The van der Waals surface area contributed by atoms with Crippen LogP contribution in [0.2, 0.25) is 0 Å². The van der Waals surface area contributed by atoms with Gasteiger partial charge in [0.2, 0.25) is 0 Å². The number of nitrogens with one attached hydrogen (secondary N) is 1. The highest BCUT2D eigenvalue weighted by Crippen LogP contribution is 2.22. The molecule has 0 unspecified atom stereocenters. The lowest BCUT2D eigenvalue weighted by molar-refractivity contribution is -0.384. The quantitative estimate of drug-likeness (QED) is 0.439. The summed E-state index contributed by atoms with van der Waals surface area (Å²) in [5.74, 6) is -2.94. The van der Waals surface area contributed by atoms with Crippen LogP contribution in [0.1, 0.15) is 13.8 Å². The zero-order valence-corrected chi connectivity index (χ0v) is 14.9. The first-order valence-corrected chi connectivity index (χ1v) is 7.94. The number of benzene rings is 2. The monoisotopic (exact) mass is 394 g/mol. The predicted molar refractivity (Wildman–Crippen MR) is 93.8 cm³/mol. The van der Waals surface area contributed by atoms with Gasteiger partial charge in [-0.3, -0.25) is 14.9 Å². The van der Waals surface area contributed by atoms with Crippen LogP contribution in [0.3, 0.4) is 0 Å². The van der Waals surface area contributed by atoms with Gasteiger partial charge in [-0.2, -0.15) is 0 Å². The molecule has 0 bridgehead atoms. The third-order valence-corrected chi connectivity index (χ3v) is 3.45. The average molecular weight is 394 g/mol. The molecule has 1 amide bonds. The maximum Gasteiger partial charge on any atom is 0.350 e. The number of halogens is 2. The van der Waals surface area contributed by atoms with Crippen LogP contribution in [0, 0.1) is 21.7 Å². The lowest BCUT2D eigenvalue weighted by Crippen LogP contribution is -2.41. The van der Waals surface area contributed by atoms with Gasteiger partial charge in [0.1, 0.15) is 17.4 Å². The normalized spacial score (nSPS) is 10.9. The molecule has 0 saturated carbocycles. The Morgan fingerprint density at radius 2 is 1.79 bits per heavy atom. The molecule has 8 nitrogen and oxygen atoms in total. The second-order valence-electron chi connectivity index (χ2n) is 6.11. The summed E-state index contributed by atoms with van der Waals surface area (Å²) in [6.07, 6.45) is 0. The van der Waals surface area contributed by atoms with E-state index in [2.05, 4.69) is 5.32 Å². The Bertz CT molecular complexity index is 899. The number of hydrogen-bond acceptors (Lipinski definition) is 6. The number of nitro benzene ring substituents is 1. The number of non-ortho nitro benzene ring substituents is 1. The Labute approximate surface area is 158 Å². The first-order valence-electron chi connectivity index (χ1n) is 7.94. The summed E-state index contributed by atoms with van der Waals surface area (Å²) in [5, 5.41) is 12.8. The van der Waals surface area contributed by atoms with Gasteiger partial charge in [-0.1, -0.05) is 0 Å². The van der Waals surface area contributed by atoms with Gasteiger partial charge in [-0.15, -0.1) is 0 Å². The van der Waals surface area contributed by atoms with E-state index in [4.69, 9.17) is 9.47 Å². The van der Waals surface area contributed by atoms with Gasteiger partial charge in [-0.25, -0.2) is 13.6 Å². The third-order valence-electron chi connectivity index (χ3n) is 3.45. The van der Waals surface area contributed by atoms with E-state index < -0.39 is 52.0 Å². The second-order valence-corrected chi connectivity index (χ2v) is 6.11. The van der Waals surface area contributed by atoms with Crippen LogP contribution in [-0.2, 0) is 14.3 Å². The molecule has 0 radical (unpaired) electrons. The highest BCUT2D eigenvalue weighted by Gasteiger charge is 2.32. The molecule has 0 spiro atoms. The topological polar surface area (TPSA) is 108 Å². The van der Waals surface area contributed by atoms with Crippen LogP contribution >= 0.6 is 0 Å². The van der Waals surface area contributed by atoms with Crippen molar-refractivity contribution in [2.24, 2.45) is 0 Å². The highest BCUT2D eigenvalue weighted by molar-refractivity contribution is 5.93. The Hall–Kier alpha value is -3.56. The van der Waals surface area contributed by atoms with Crippen molar-refractivity contribution in [3.05, 3.63) is 64.2 Å². The molecule has 0 aliphatic rings. The van der Waals surface area contributed by atoms with Crippen LogP contribution in [0.5, 0.6) is 5.75 Å². The Balaban J connectivity index is 1.94. The minimum absolute atomic E-state index is 0.214. The number of amides is 1. The lowest BCUT2D eigenvalue weighted by atomic mass is 10.1. The fourth-order valence-corrected chi connectivity index (χ4v) is 2.05. The zero-order valence-electron chi connectivity index (χ0n) is 14.9. The molecule has 28 heavy (non-hydrogen) atoms. The van der Waals surface area contributed by atoms with Gasteiger partial charge >= 0.3 is 5.97 Å². The van der Waals surface area contributed by atoms with Crippen LogP contribution < -0.4 is 10.1 Å². The number of nitrogens with zero attached hydrogens (tertiary/aromatic N) is 1. The van der Waals surface area contributed by atoms with Gasteiger partial charge in [0.15, 0.2) is 12.2 Å². The fourth-order valence-electron chi connectivity index (χ4n) is 2.05. The number of carbonyl (C=O) groups is 2. The Kier molecular flexibility index (Phi) is 6.24. The standard InChI is InChI=1S/C18H16F2N2O6/c1-18(2,28-13-6-3-11(19)4-7-13)17(24)27-10-16(23)21-15-9-12(22(25)26)5-8-14(15)20/h3-9H,10H2,1-2H3,(H,21,23). The van der Waals surface area contributed by atoms with Gasteiger partial charge < -0.3 is 14.8 Å². The van der Waals surface area contributed by atoms with Crippen molar-refractivity contribution in [3.63, 3.8) is 0 Å². The summed E-state index contributed by atoms with van der Waals surface area (Å²) in [4.78, 5) is 34.0. The second kappa shape index (κ2) is 8.42. The largest absolute Gasteiger partial charge is 0.476 e. The molecule has 10 heteroatoms. The Morgan fingerprint density at radius 3 is 2.39 bits per heavy atom. The van der Waals surface area contributed by atoms with Crippen molar-refractivity contribution < 1.29 is 32.8 Å². The first kappa shape index (κ1) is 20.7. The SMILES string of the molecule is CC(C)(Oc1ccc(F)cc1)C(=O)OCC(=O)Nc1cc([N+](=O)[O-])ccc1F. The number of nitro groups is 1. The molecule has 0 saturated heterocycles. The summed E-state index contributed by atoms with van der Waals surface area (Å²) in [6, 6.07) is 7.57. The minimum Gasteiger partial charge on any atom is -0.476 e. The molecule has 0 aliphatic carbocycles. The molecule has 0 heterocycles. The lowest BCUT2D eigenvalue weighted by Gasteiger charge is -2.24. The molecule has 2 aromatic carbocycles. The van der Waals surface area contributed by atoms with E-state index in [1.54, 1.807) is 0 Å². The minimum atomic E-state index is -1.49. The number of ether oxygens (including phenoxy) is 2. The zero-order chi connectivity index (χ0) is 20.9. The number of anilines is 1. The summed E-state index contributed by atoms with van der Waals surface area (Å²) in [6.45, 7) is 2.00. The van der Waals surface area contributed by atoms with Crippen molar-refractivity contribution in [1.82, 2.24) is 0 Å². The fraction of sp³-hybridized carbons (Fsp3) is 0.222. The van der Waals surface area contributed by atoms with E-state index >= 15 is 0 Å². The van der Waals surface area contributed by atoms with Crippen molar-refractivity contribution >= 4 is 23.3 Å². The maximum atomic E-state index is 13.7. The molecule has 2 rings (SSSR count). The molecule has 2 aromatic rings. The van der Waals surface area contributed by atoms with E-state index in [-0.39, 0.29) is 5.75 Å². The van der Waals surface area contributed by atoms with Crippen molar-refractivity contribution in [1.29, 1.82) is 0 Å². The summed E-state index contributed by atoms with van der Waals surface area (Å²) in [7, 11) is 0. The summed E-state index contributed by atoms with van der Waals surface area (Å²) >= 11 is 0. The molecule has 0 atom stereocenters. The molecule has 0 aromatic heterocycles. The smallest absolute Gasteiger partial charge is 0.350 e. The third kappa shape index (κ3) is 5.47. The van der Waals surface area contributed by atoms with Gasteiger partial charge in [-0.05, 0) is 44.2 Å². The van der Waals surface area contributed by atoms with Gasteiger partial charge in [0.25, 0.3) is 11.6 Å². The summed E-state index contributed by atoms with van der Waals surface area (Å²) in [5.41, 5.74) is -2.32. The van der Waals surface area contributed by atoms with Crippen LogP contribution in [0.15, 0.2) is 42.5 Å². The molecule has 0 fully saturated rings. The van der Waals surface area contributed by atoms with Crippen molar-refractivity contribution in [2.75, 3.05) is 11.9 Å². The van der Waals surface area contributed by atoms with Crippen LogP contribution in [-0.4, -0.2) is 29.0 Å². The van der Waals surface area contributed by atoms with Crippen molar-refractivity contribution in [3.8, 4) is 5.75 Å². The number of hydrogen-bond donors (Lipinski definition) is 1. The molecule has 1 N–H and O–H groups in total. The van der Waals surface area contributed by atoms with E-state index in [1.807, 2.05) is 0 Å². The number of carbonyl (C=O) groups excluding carboxylic acids is 2. The highest BCUT2D eigenvalue weighted by atomic mass is 19.1. The van der Waals surface area contributed by atoms with E-state index in [0.717, 1.165) is 30.3 Å². The molecular weight excluding hydrogens is 378 g/mol. The summed E-state index contributed by atoms with van der Waals surface area (Å²) < 4.78 is 36.8. The predicted octanol–water partition coefficient (Wildman–Crippen LogP) is 3.21. The van der Waals surface area contributed by atoms with Gasteiger partial charge in [0.05, 0.1) is 10.6 Å². The van der Waals surface area contributed by atoms with Crippen LogP contribution in [0.4, 0.5) is 20.2 Å². The van der Waals surface area contributed by atoms with Crippen LogP contribution in [0.25, 0.3) is 0 Å². The molecular formula is C18H16F2N2O6. The maximum absolute atomic E-state index is 13.7. The average Bonchev–Trinajstić information content (AvgIpc) is 2.63. The molecule has 148 valence electrons. The van der Waals surface area contributed by atoms with Gasteiger partial charge in [0, 0.05) is 12.1 Å². The first-order chi connectivity index (χ1) is 13.1. The molecule has 0 aliphatic heterocycles. The van der Waals surface area contributed by atoms with E-state index in [9.17, 15) is 28.5 Å². The number of esters is 1. The Morgan fingerprint density at radius 1 is 1.14 bits per heavy atom. The van der Waals surface area contributed by atoms with E-state index in [0.29, 0.717) is 0 Å².